The minimum Gasteiger partial charge on any atom is -0.374 e. The van der Waals surface area contributed by atoms with E-state index in [0.29, 0.717) is 6.54 Å². The molecule has 2 rings (SSSR count). The van der Waals surface area contributed by atoms with E-state index in [-0.39, 0.29) is 5.82 Å². The van der Waals surface area contributed by atoms with Gasteiger partial charge in [-0.05, 0) is 37.4 Å². The molecule has 1 aromatic rings. The van der Waals surface area contributed by atoms with E-state index in [0.717, 1.165) is 29.6 Å². The first-order valence-electron chi connectivity index (χ1n) is 6.26. The van der Waals surface area contributed by atoms with Gasteiger partial charge in [0.1, 0.15) is 5.82 Å². The minimum absolute atomic E-state index is 0.118. The van der Waals surface area contributed by atoms with Gasteiger partial charge in [-0.25, -0.2) is 4.39 Å². The number of nitrogens with one attached hydrogen (secondary N) is 1. The SMILES string of the molecule is CNCc1c(F)cccc1N(C)CC1CC1C. The molecule has 1 aromatic carbocycles. The summed E-state index contributed by atoms with van der Waals surface area (Å²) in [5.41, 5.74) is 1.78. The molecule has 1 saturated carbocycles. The van der Waals surface area contributed by atoms with Crippen molar-refractivity contribution < 1.29 is 4.39 Å². The summed E-state index contributed by atoms with van der Waals surface area (Å²) >= 11 is 0. The summed E-state index contributed by atoms with van der Waals surface area (Å²) in [7, 11) is 3.90. The van der Waals surface area contributed by atoms with Crippen molar-refractivity contribution in [2.75, 3.05) is 25.5 Å². The second-order valence-corrected chi connectivity index (χ2v) is 5.12. The van der Waals surface area contributed by atoms with Crippen molar-refractivity contribution in [3.63, 3.8) is 0 Å². The van der Waals surface area contributed by atoms with Crippen LogP contribution in [-0.4, -0.2) is 20.6 Å². The zero-order valence-corrected chi connectivity index (χ0v) is 10.8. The van der Waals surface area contributed by atoms with E-state index in [9.17, 15) is 4.39 Å². The maximum absolute atomic E-state index is 13.8. The Bertz CT molecular complexity index is 392. The molecule has 1 aliphatic rings. The standard InChI is InChI=1S/C14H21FN2/c1-10-7-11(10)9-17(3)14-6-4-5-13(15)12(14)8-16-2/h4-6,10-11,16H,7-9H2,1-3H3. The number of benzene rings is 1. The number of nitrogens with zero attached hydrogens (tertiary/aromatic N) is 1. The molecule has 0 aromatic heterocycles. The number of halogens is 1. The van der Waals surface area contributed by atoms with E-state index in [2.05, 4.69) is 24.2 Å². The molecule has 1 N–H and O–H groups in total. The predicted octanol–water partition coefficient (Wildman–Crippen LogP) is 2.64. The van der Waals surface area contributed by atoms with Crippen LogP contribution in [0.1, 0.15) is 18.9 Å². The molecule has 94 valence electrons. The van der Waals surface area contributed by atoms with E-state index in [4.69, 9.17) is 0 Å². The molecule has 0 aliphatic heterocycles. The van der Waals surface area contributed by atoms with Gasteiger partial charge in [0.05, 0.1) is 0 Å². The van der Waals surface area contributed by atoms with Crippen LogP contribution < -0.4 is 10.2 Å². The average molecular weight is 236 g/mol. The maximum atomic E-state index is 13.8. The number of hydrogen-bond acceptors (Lipinski definition) is 2. The molecule has 0 heterocycles. The molecule has 0 radical (unpaired) electrons. The third-order valence-corrected chi connectivity index (χ3v) is 3.64. The zero-order valence-electron chi connectivity index (χ0n) is 10.8. The van der Waals surface area contributed by atoms with Gasteiger partial charge in [-0.15, -0.1) is 0 Å². The minimum atomic E-state index is -0.118. The molecule has 2 atom stereocenters. The molecule has 1 fully saturated rings. The third-order valence-electron chi connectivity index (χ3n) is 3.64. The summed E-state index contributed by atoms with van der Waals surface area (Å²) in [6.07, 6.45) is 1.31. The topological polar surface area (TPSA) is 15.3 Å². The molecule has 2 nitrogen and oxygen atoms in total. The van der Waals surface area contributed by atoms with Crippen LogP contribution in [0.15, 0.2) is 18.2 Å². The summed E-state index contributed by atoms with van der Waals surface area (Å²) in [4.78, 5) is 2.18. The number of anilines is 1. The highest BCUT2D eigenvalue weighted by molar-refractivity contribution is 5.53. The molecule has 3 heteroatoms. The fraction of sp³-hybridized carbons (Fsp3) is 0.571. The lowest BCUT2D eigenvalue weighted by molar-refractivity contribution is 0.598. The molecule has 1 aliphatic carbocycles. The van der Waals surface area contributed by atoms with Crippen molar-refractivity contribution >= 4 is 5.69 Å². The Morgan fingerprint density at radius 1 is 1.47 bits per heavy atom. The highest BCUT2D eigenvalue weighted by Gasteiger charge is 2.33. The quantitative estimate of drug-likeness (QED) is 0.845. The first kappa shape index (κ1) is 12.4. The molecule has 0 amide bonds. The van der Waals surface area contributed by atoms with Crippen LogP contribution in [0, 0.1) is 17.7 Å². The third kappa shape index (κ3) is 2.78. The Kier molecular flexibility index (Phi) is 3.67. The maximum Gasteiger partial charge on any atom is 0.129 e. The smallest absolute Gasteiger partial charge is 0.129 e. The molecule has 2 unspecified atom stereocenters. The Morgan fingerprint density at radius 3 is 2.76 bits per heavy atom. The Balaban J connectivity index is 2.15. The second kappa shape index (κ2) is 5.05. The summed E-state index contributed by atoms with van der Waals surface area (Å²) in [5, 5.41) is 3.03. The second-order valence-electron chi connectivity index (χ2n) is 5.12. The van der Waals surface area contributed by atoms with Crippen molar-refractivity contribution in [1.29, 1.82) is 0 Å². The van der Waals surface area contributed by atoms with Crippen molar-refractivity contribution in [3.05, 3.63) is 29.6 Å². The monoisotopic (exact) mass is 236 g/mol. The van der Waals surface area contributed by atoms with Gasteiger partial charge in [-0.2, -0.15) is 0 Å². The fourth-order valence-corrected chi connectivity index (χ4v) is 2.36. The van der Waals surface area contributed by atoms with E-state index in [1.54, 1.807) is 6.07 Å². The average Bonchev–Trinajstić information content (AvgIpc) is 2.97. The summed E-state index contributed by atoms with van der Waals surface area (Å²) in [6.45, 7) is 3.88. The van der Waals surface area contributed by atoms with Crippen molar-refractivity contribution in [1.82, 2.24) is 5.32 Å². The first-order valence-corrected chi connectivity index (χ1v) is 6.26. The molecule has 0 saturated heterocycles. The lowest BCUT2D eigenvalue weighted by Crippen LogP contribution is -2.23. The van der Waals surface area contributed by atoms with E-state index in [1.807, 2.05) is 13.1 Å². The van der Waals surface area contributed by atoms with E-state index >= 15 is 0 Å². The van der Waals surface area contributed by atoms with Crippen LogP contribution >= 0.6 is 0 Å². The fourth-order valence-electron chi connectivity index (χ4n) is 2.36. The largest absolute Gasteiger partial charge is 0.374 e. The molecule has 0 spiro atoms. The number of hydrogen-bond donors (Lipinski definition) is 1. The molecular formula is C14H21FN2. The van der Waals surface area contributed by atoms with Gasteiger partial charge in [-0.1, -0.05) is 13.0 Å². The van der Waals surface area contributed by atoms with Crippen LogP contribution in [0.2, 0.25) is 0 Å². The van der Waals surface area contributed by atoms with Crippen LogP contribution in [0.3, 0.4) is 0 Å². The molecule has 0 bridgehead atoms. The van der Waals surface area contributed by atoms with Gasteiger partial charge in [0.2, 0.25) is 0 Å². The summed E-state index contributed by atoms with van der Waals surface area (Å²) < 4.78 is 13.8. The van der Waals surface area contributed by atoms with Gasteiger partial charge in [0, 0.05) is 31.4 Å². The van der Waals surface area contributed by atoms with Crippen molar-refractivity contribution in [2.45, 2.75) is 19.9 Å². The van der Waals surface area contributed by atoms with Gasteiger partial charge >= 0.3 is 0 Å². The molecular weight excluding hydrogens is 215 g/mol. The van der Waals surface area contributed by atoms with Crippen LogP contribution in [0.25, 0.3) is 0 Å². The van der Waals surface area contributed by atoms with Crippen LogP contribution in [0.5, 0.6) is 0 Å². The van der Waals surface area contributed by atoms with E-state index < -0.39 is 0 Å². The van der Waals surface area contributed by atoms with E-state index in [1.165, 1.54) is 12.5 Å². The first-order chi connectivity index (χ1) is 8.13. The highest BCUT2D eigenvalue weighted by atomic mass is 19.1. The summed E-state index contributed by atoms with van der Waals surface area (Å²) in [5.74, 6) is 1.50. The van der Waals surface area contributed by atoms with Gasteiger partial charge in [0.15, 0.2) is 0 Å². The normalized spacial score (nSPS) is 22.6. The molecule has 17 heavy (non-hydrogen) atoms. The summed E-state index contributed by atoms with van der Waals surface area (Å²) in [6, 6.07) is 5.32. The van der Waals surface area contributed by atoms with Crippen molar-refractivity contribution in [2.24, 2.45) is 11.8 Å². The Hall–Kier alpha value is -1.09. The number of rotatable bonds is 5. The van der Waals surface area contributed by atoms with Crippen LogP contribution in [-0.2, 0) is 6.54 Å². The predicted molar refractivity (Wildman–Crippen MR) is 69.7 cm³/mol. The van der Waals surface area contributed by atoms with Crippen molar-refractivity contribution in [3.8, 4) is 0 Å². The van der Waals surface area contributed by atoms with Crippen LogP contribution in [0.4, 0.5) is 10.1 Å². The van der Waals surface area contributed by atoms with Gasteiger partial charge in [0.25, 0.3) is 0 Å². The Morgan fingerprint density at radius 2 is 2.18 bits per heavy atom. The lowest BCUT2D eigenvalue weighted by Gasteiger charge is -2.23. The van der Waals surface area contributed by atoms with Gasteiger partial charge in [-0.3, -0.25) is 0 Å². The van der Waals surface area contributed by atoms with Gasteiger partial charge < -0.3 is 10.2 Å². The zero-order chi connectivity index (χ0) is 12.4. The Labute approximate surface area is 103 Å². The lowest BCUT2D eigenvalue weighted by atomic mass is 10.1. The highest BCUT2D eigenvalue weighted by Crippen LogP contribution is 2.39.